The molecule has 0 bridgehead atoms. The maximum Gasteiger partial charge on any atom is 0.239 e. The van der Waals surface area contributed by atoms with E-state index in [4.69, 9.17) is 5.73 Å². The molecule has 0 aromatic heterocycles. The van der Waals surface area contributed by atoms with Crippen LogP contribution in [0.1, 0.15) is 25.5 Å². The molecule has 1 aromatic rings. The molecule has 1 aliphatic rings. The second-order valence-corrected chi connectivity index (χ2v) is 5.73. The molecule has 5 nitrogen and oxygen atoms in total. The van der Waals surface area contributed by atoms with E-state index in [1.54, 1.807) is 0 Å². The number of nitrogens with zero attached hydrogens (tertiary/aromatic N) is 2. The van der Waals surface area contributed by atoms with Crippen LogP contribution < -0.4 is 5.73 Å². The Bertz CT molecular complexity index is 494. The van der Waals surface area contributed by atoms with Gasteiger partial charge in [-0.05, 0) is 5.56 Å². The Hall–Kier alpha value is -1.88. The van der Waals surface area contributed by atoms with Crippen LogP contribution in [-0.4, -0.2) is 47.8 Å². The van der Waals surface area contributed by atoms with Crippen molar-refractivity contribution in [2.24, 2.45) is 11.7 Å². The maximum atomic E-state index is 12.0. The second kappa shape index (κ2) is 6.72. The molecule has 5 heteroatoms. The Balaban J connectivity index is 2.05. The van der Waals surface area contributed by atoms with Crippen LogP contribution in [0.2, 0.25) is 0 Å². The smallest absolute Gasteiger partial charge is 0.239 e. The minimum Gasteiger partial charge on any atom is -0.368 e. The number of hydrogen-bond acceptors (Lipinski definition) is 3. The first-order valence-corrected chi connectivity index (χ1v) is 7.38. The number of carbonyl (C=O) groups is 2. The van der Waals surface area contributed by atoms with Crippen LogP contribution >= 0.6 is 0 Å². The first-order chi connectivity index (χ1) is 10.0. The molecule has 1 saturated heterocycles. The maximum absolute atomic E-state index is 12.0. The molecule has 21 heavy (non-hydrogen) atoms. The van der Waals surface area contributed by atoms with Crippen molar-refractivity contribution in [3.8, 4) is 0 Å². The number of primary amides is 1. The summed E-state index contributed by atoms with van der Waals surface area (Å²) in [6.45, 7) is 6.44. The molecule has 2 N–H and O–H groups in total. The van der Waals surface area contributed by atoms with Gasteiger partial charge in [0.2, 0.25) is 11.8 Å². The Kier molecular flexibility index (Phi) is 4.96. The Morgan fingerprint density at radius 3 is 2.10 bits per heavy atom. The minimum absolute atomic E-state index is 0.0117. The third-order valence-electron chi connectivity index (χ3n) is 3.87. The number of piperazine rings is 1. The fourth-order valence-corrected chi connectivity index (χ4v) is 2.76. The standard InChI is InChI=1S/C16H23N3O2/c1-12(2)16(21)19-10-8-18(9-11-19)14(15(17)20)13-6-4-3-5-7-13/h3-7,12,14H,8-11H2,1-2H3,(H2,17,20)/t14-/m1/s1. The van der Waals surface area contributed by atoms with Crippen LogP contribution in [0.4, 0.5) is 0 Å². The highest BCUT2D eigenvalue weighted by Gasteiger charge is 2.30. The highest BCUT2D eigenvalue weighted by Crippen LogP contribution is 2.22. The lowest BCUT2D eigenvalue weighted by atomic mass is 10.0. The van der Waals surface area contributed by atoms with Crippen molar-refractivity contribution in [1.82, 2.24) is 9.80 Å². The summed E-state index contributed by atoms with van der Waals surface area (Å²) in [6, 6.07) is 9.15. The number of nitrogens with two attached hydrogens (primary N) is 1. The van der Waals surface area contributed by atoms with E-state index < -0.39 is 6.04 Å². The van der Waals surface area contributed by atoms with E-state index in [1.807, 2.05) is 49.1 Å². The summed E-state index contributed by atoms with van der Waals surface area (Å²) in [6.07, 6.45) is 0. The second-order valence-electron chi connectivity index (χ2n) is 5.73. The summed E-state index contributed by atoms with van der Waals surface area (Å²) in [5.74, 6) is -0.160. The molecule has 2 amide bonds. The number of amides is 2. The van der Waals surface area contributed by atoms with Gasteiger partial charge in [0.05, 0.1) is 0 Å². The predicted molar refractivity (Wildman–Crippen MR) is 81.4 cm³/mol. The summed E-state index contributed by atoms with van der Waals surface area (Å²) in [4.78, 5) is 27.7. The Labute approximate surface area is 125 Å². The fraction of sp³-hybridized carbons (Fsp3) is 0.500. The van der Waals surface area contributed by atoms with Crippen LogP contribution in [0.25, 0.3) is 0 Å². The molecule has 0 spiro atoms. The first-order valence-electron chi connectivity index (χ1n) is 7.38. The van der Waals surface area contributed by atoms with E-state index in [1.165, 1.54) is 0 Å². The van der Waals surface area contributed by atoms with Crippen LogP contribution in [0.3, 0.4) is 0 Å². The van der Waals surface area contributed by atoms with Crippen molar-refractivity contribution >= 4 is 11.8 Å². The molecule has 1 heterocycles. The minimum atomic E-state index is -0.414. The van der Waals surface area contributed by atoms with Crippen molar-refractivity contribution in [2.75, 3.05) is 26.2 Å². The van der Waals surface area contributed by atoms with E-state index in [-0.39, 0.29) is 17.7 Å². The fourth-order valence-electron chi connectivity index (χ4n) is 2.76. The number of rotatable bonds is 4. The van der Waals surface area contributed by atoms with E-state index in [2.05, 4.69) is 4.90 Å². The van der Waals surface area contributed by atoms with E-state index in [0.717, 1.165) is 5.56 Å². The first kappa shape index (κ1) is 15.5. The van der Waals surface area contributed by atoms with E-state index in [9.17, 15) is 9.59 Å². The van der Waals surface area contributed by atoms with Crippen LogP contribution in [-0.2, 0) is 9.59 Å². The summed E-state index contributed by atoms with van der Waals surface area (Å²) < 4.78 is 0. The Morgan fingerprint density at radius 2 is 1.62 bits per heavy atom. The quantitative estimate of drug-likeness (QED) is 0.899. The SMILES string of the molecule is CC(C)C(=O)N1CCN([C@@H](C(N)=O)c2ccccc2)CC1. The highest BCUT2D eigenvalue weighted by molar-refractivity contribution is 5.81. The van der Waals surface area contributed by atoms with Crippen LogP contribution in [0.5, 0.6) is 0 Å². The van der Waals surface area contributed by atoms with Gasteiger partial charge in [-0.3, -0.25) is 14.5 Å². The molecular formula is C16H23N3O2. The number of hydrogen-bond donors (Lipinski definition) is 1. The molecule has 0 aliphatic carbocycles. The average molecular weight is 289 g/mol. The zero-order valence-corrected chi connectivity index (χ0v) is 12.7. The molecule has 0 radical (unpaired) electrons. The average Bonchev–Trinajstić information content (AvgIpc) is 2.48. The third-order valence-corrected chi connectivity index (χ3v) is 3.87. The molecule has 1 aromatic carbocycles. The van der Waals surface area contributed by atoms with E-state index >= 15 is 0 Å². The van der Waals surface area contributed by atoms with Crippen molar-refractivity contribution < 1.29 is 9.59 Å². The van der Waals surface area contributed by atoms with Gasteiger partial charge in [-0.15, -0.1) is 0 Å². The van der Waals surface area contributed by atoms with Gasteiger partial charge < -0.3 is 10.6 Å². The molecule has 1 atom stereocenters. The highest BCUT2D eigenvalue weighted by atomic mass is 16.2. The van der Waals surface area contributed by atoms with E-state index in [0.29, 0.717) is 26.2 Å². The van der Waals surface area contributed by atoms with Gasteiger partial charge in [0.1, 0.15) is 6.04 Å². The third kappa shape index (κ3) is 3.61. The summed E-state index contributed by atoms with van der Waals surface area (Å²) in [5, 5.41) is 0. The van der Waals surface area contributed by atoms with Gasteiger partial charge in [-0.25, -0.2) is 0 Å². The molecule has 114 valence electrons. The topological polar surface area (TPSA) is 66.6 Å². The molecular weight excluding hydrogens is 266 g/mol. The normalized spacial score (nSPS) is 17.8. The molecule has 0 saturated carbocycles. The molecule has 0 unspecified atom stereocenters. The van der Waals surface area contributed by atoms with Gasteiger partial charge in [-0.1, -0.05) is 44.2 Å². The lowest BCUT2D eigenvalue weighted by Crippen LogP contribution is -2.52. The lowest BCUT2D eigenvalue weighted by Gasteiger charge is -2.38. The zero-order chi connectivity index (χ0) is 15.4. The largest absolute Gasteiger partial charge is 0.368 e. The molecule has 2 rings (SSSR count). The zero-order valence-electron chi connectivity index (χ0n) is 12.7. The predicted octanol–water partition coefficient (Wildman–Crippen LogP) is 1.01. The molecule has 1 aliphatic heterocycles. The molecule has 1 fully saturated rings. The van der Waals surface area contributed by atoms with Gasteiger partial charge in [0.25, 0.3) is 0 Å². The van der Waals surface area contributed by atoms with Gasteiger partial charge in [-0.2, -0.15) is 0 Å². The van der Waals surface area contributed by atoms with Crippen LogP contribution in [0.15, 0.2) is 30.3 Å². The monoisotopic (exact) mass is 289 g/mol. The van der Waals surface area contributed by atoms with Crippen molar-refractivity contribution in [2.45, 2.75) is 19.9 Å². The van der Waals surface area contributed by atoms with Crippen LogP contribution in [0, 0.1) is 5.92 Å². The van der Waals surface area contributed by atoms with Gasteiger partial charge in [0.15, 0.2) is 0 Å². The van der Waals surface area contributed by atoms with Crippen molar-refractivity contribution in [1.29, 1.82) is 0 Å². The van der Waals surface area contributed by atoms with Crippen molar-refractivity contribution in [3.63, 3.8) is 0 Å². The lowest BCUT2D eigenvalue weighted by molar-refractivity contribution is -0.137. The van der Waals surface area contributed by atoms with Gasteiger partial charge in [0, 0.05) is 32.1 Å². The number of carbonyl (C=O) groups excluding carboxylic acids is 2. The summed E-state index contributed by atoms with van der Waals surface area (Å²) >= 11 is 0. The summed E-state index contributed by atoms with van der Waals surface area (Å²) in [5.41, 5.74) is 6.49. The Morgan fingerprint density at radius 1 is 1.05 bits per heavy atom. The number of benzene rings is 1. The van der Waals surface area contributed by atoms with Crippen molar-refractivity contribution in [3.05, 3.63) is 35.9 Å². The summed E-state index contributed by atoms with van der Waals surface area (Å²) in [7, 11) is 0. The van der Waals surface area contributed by atoms with Gasteiger partial charge >= 0.3 is 0 Å².